The Morgan fingerprint density at radius 1 is 1.21 bits per heavy atom. The molecule has 19 heavy (non-hydrogen) atoms. The average molecular weight is 284 g/mol. The fourth-order valence-electron chi connectivity index (χ4n) is 2.71. The molecule has 2 rings (SSSR count). The maximum atomic E-state index is 13.2. The van der Waals surface area contributed by atoms with Crippen LogP contribution in [0.15, 0.2) is 12.1 Å². The van der Waals surface area contributed by atoms with Gasteiger partial charge in [-0.2, -0.15) is 0 Å². The second kappa shape index (κ2) is 5.04. The number of carbonyl (C=O) groups excluding carboxylic acids is 1. The standard InChI is InChI=1S/C14H17FO3S/c1-9-7-11(15)8-10(2)13(9)14(16)12-5-3-4-6-19(12,17)18/h7-8,12H,3-6H2,1-2H3. The van der Waals surface area contributed by atoms with Crippen LogP contribution in [0.25, 0.3) is 0 Å². The van der Waals surface area contributed by atoms with E-state index in [2.05, 4.69) is 0 Å². The minimum atomic E-state index is -3.36. The fourth-order valence-corrected chi connectivity index (χ4v) is 4.57. The molecule has 0 amide bonds. The van der Waals surface area contributed by atoms with E-state index in [1.165, 1.54) is 12.1 Å². The van der Waals surface area contributed by atoms with Crippen molar-refractivity contribution in [3.05, 3.63) is 34.6 Å². The number of rotatable bonds is 2. The molecule has 0 spiro atoms. The van der Waals surface area contributed by atoms with E-state index in [4.69, 9.17) is 0 Å². The van der Waals surface area contributed by atoms with Gasteiger partial charge in [-0.15, -0.1) is 0 Å². The molecule has 1 fully saturated rings. The van der Waals surface area contributed by atoms with Crippen LogP contribution in [0.4, 0.5) is 4.39 Å². The minimum absolute atomic E-state index is 0.0721. The number of benzene rings is 1. The average Bonchev–Trinajstić information content (AvgIpc) is 2.26. The van der Waals surface area contributed by atoms with Crippen LogP contribution in [0.2, 0.25) is 0 Å². The van der Waals surface area contributed by atoms with Crippen LogP contribution in [0.5, 0.6) is 0 Å². The molecule has 1 atom stereocenters. The number of carbonyl (C=O) groups is 1. The first kappa shape index (κ1) is 14.2. The van der Waals surface area contributed by atoms with E-state index < -0.39 is 20.9 Å². The number of hydrogen-bond acceptors (Lipinski definition) is 3. The molecule has 0 aromatic heterocycles. The van der Waals surface area contributed by atoms with Crippen molar-refractivity contribution < 1.29 is 17.6 Å². The molecule has 1 aromatic carbocycles. The van der Waals surface area contributed by atoms with Crippen molar-refractivity contribution in [3.63, 3.8) is 0 Å². The van der Waals surface area contributed by atoms with Gasteiger partial charge in [0.05, 0.1) is 5.75 Å². The van der Waals surface area contributed by atoms with Crippen molar-refractivity contribution in [1.82, 2.24) is 0 Å². The number of halogens is 1. The Hall–Kier alpha value is -1.23. The van der Waals surface area contributed by atoms with E-state index in [9.17, 15) is 17.6 Å². The normalized spacial score (nSPS) is 22.2. The lowest BCUT2D eigenvalue weighted by Gasteiger charge is -2.22. The molecule has 5 heteroatoms. The number of Topliss-reactive ketones (excluding diaryl/α,β-unsaturated/α-hetero) is 1. The summed E-state index contributed by atoms with van der Waals surface area (Å²) in [5, 5.41) is -0.955. The Morgan fingerprint density at radius 3 is 2.32 bits per heavy atom. The molecule has 104 valence electrons. The summed E-state index contributed by atoms with van der Waals surface area (Å²) in [6, 6.07) is 2.55. The smallest absolute Gasteiger partial charge is 0.181 e. The Morgan fingerprint density at radius 2 is 1.79 bits per heavy atom. The summed E-state index contributed by atoms with van der Waals surface area (Å²) in [5.74, 6) is -0.712. The lowest BCUT2D eigenvalue weighted by Crippen LogP contribution is -2.36. The summed E-state index contributed by atoms with van der Waals surface area (Å²) >= 11 is 0. The van der Waals surface area contributed by atoms with Crippen LogP contribution in [-0.4, -0.2) is 25.2 Å². The van der Waals surface area contributed by atoms with E-state index in [1.54, 1.807) is 13.8 Å². The Bertz CT molecular complexity index is 597. The lowest BCUT2D eigenvalue weighted by atomic mass is 9.95. The van der Waals surface area contributed by atoms with Gasteiger partial charge in [-0.1, -0.05) is 6.42 Å². The maximum Gasteiger partial charge on any atom is 0.181 e. The highest BCUT2D eigenvalue weighted by Crippen LogP contribution is 2.26. The summed E-state index contributed by atoms with van der Waals surface area (Å²) in [4.78, 5) is 12.5. The molecular weight excluding hydrogens is 267 g/mol. The van der Waals surface area contributed by atoms with Crippen molar-refractivity contribution >= 4 is 15.6 Å². The highest BCUT2D eigenvalue weighted by molar-refractivity contribution is 7.92. The van der Waals surface area contributed by atoms with Crippen molar-refractivity contribution in [2.24, 2.45) is 0 Å². The monoisotopic (exact) mass is 284 g/mol. The summed E-state index contributed by atoms with van der Waals surface area (Å²) < 4.78 is 37.2. The van der Waals surface area contributed by atoms with Crippen LogP contribution in [0.3, 0.4) is 0 Å². The minimum Gasteiger partial charge on any atom is -0.293 e. The number of sulfone groups is 1. The summed E-state index contributed by atoms with van der Waals surface area (Å²) in [7, 11) is -3.36. The van der Waals surface area contributed by atoms with Gasteiger partial charge in [-0.05, 0) is 49.9 Å². The van der Waals surface area contributed by atoms with Crippen LogP contribution in [0, 0.1) is 19.7 Å². The molecular formula is C14H17FO3S. The molecule has 1 aliphatic rings. The molecule has 0 bridgehead atoms. The van der Waals surface area contributed by atoms with E-state index in [1.807, 2.05) is 0 Å². The molecule has 3 nitrogen and oxygen atoms in total. The third-order valence-corrected chi connectivity index (χ3v) is 5.79. The Labute approximate surface area is 112 Å². The van der Waals surface area contributed by atoms with Gasteiger partial charge in [0.2, 0.25) is 0 Å². The van der Waals surface area contributed by atoms with Gasteiger partial charge in [0, 0.05) is 5.56 Å². The summed E-state index contributed by atoms with van der Waals surface area (Å²) in [6.07, 6.45) is 1.74. The van der Waals surface area contributed by atoms with E-state index in [-0.39, 0.29) is 11.5 Å². The number of ketones is 1. The first-order chi connectivity index (χ1) is 8.83. The second-order valence-electron chi connectivity index (χ2n) is 5.13. The first-order valence-electron chi connectivity index (χ1n) is 6.35. The SMILES string of the molecule is Cc1cc(F)cc(C)c1C(=O)C1CCCCS1(=O)=O. The van der Waals surface area contributed by atoms with Crippen molar-refractivity contribution in [1.29, 1.82) is 0 Å². The summed E-state index contributed by atoms with van der Waals surface area (Å²) in [6.45, 7) is 3.28. The van der Waals surface area contributed by atoms with Gasteiger partial charge in [0.1, 0.15) is 11.1 Å². The zero-order valence-electron chi connectivity index (χ0n) is 11.1. The highest BCUT2D eigenvalue weighted by atomic mass is 32.2. The third-order valence-electron chi connectivity index (χ3n) is 3.61. The van der Waals surface area contributed by atoms with Crippen LogP contribution < -0.4 is 0 Å². The fraction of sp³-hybridized carbons (Fsp3) is 0.500. The van der Waals surface area contributed by atoms with E-state index in [0.29, 0.717) is 29.5 Å². The lowest BCUT2D eigenvalue weighted by molar-refractivity contribution is 0.0980. The summed E-state index contributed by atoms with van der Waals surface area (Å²) in [5.41, 5.74) is 1.36. The maximum absolute atomic E-state index is 13.2. The van der Waals surface area contributed by atoms with Gasteiger partial charge in [-0.25, -0.2) is 12.8 Å². The topological polar surface area (TPSA) is 51.2 Å². The second-order valence-corrected chi connectivity index (χ2v) is 7.43. The van der Waals surface area contributed by atoms with Gasteiger partial charge in [0.25, 0.3) is 0 Å². The first-order valence-corrected chi connectivity index (χ1v) is 8.07. The van der Waals surface area contributed by atoms with Gasteiger partial charge in [0.15, 0.2) is 15.6 Å². The van der Waals surface area contributed by atoms with Crippen molar-refractivity contribution in [2.75, 3.05) is 5.75 Å². The molecule has 1 saturated heterocycles. The molecule has 0 aliphatic carbocycles. The van der Waals surface area contributed by atoms with E-state index >= 15 is 0 Å². The predicted octanol–water partition coefficient (Wildman–Crippen LogP) is 2.59. The molecule has 0 N–H and O–H groups in total. The molecule has 1 aliphatic heterocycles. The molecule has 1 unspecified atom stereocenters. The van der Waals surface area contributed by atoms with Crippen LogP contribution in [0.1, 0.15) is 40.7 Å². The van der Waals surface area contributed by atoms with Crippen LogP contribution in [-0.2, 0) is 9.84 Å². The van der Waals surface area contributed by atoms with Gasteiger partial charge in [-0.3, -0.25) is 4.79 Å². The zero-order valence-corrected chi connectivity index (χ0v) is 11.9. The zero-order chi connectivity index (χ0) is 14.2. The van der Waals surface area contributed by atoms with Gasteiger partial charge >= 0.3 is 0 Å². The van der Waals surface area contributed by atoms with E-state index in [0.717, 1.165) is 6.42 Å². The highest BCUT2D eigenvalue weighted by Gasteiger charge is 2.36. The predicted molar refractivity (Wildman–Crippen MR) is 71.6 cm³/mol. The number of hydrogen-bond donors (Lipinski definition) is 0. The molecule has 1 heterocycles. The van der Waals surface area contributed by atoms with Crippen LogP contribution >= 0.6 is 0 Å². The van der Waals surface area contributed by atoms with Crippen molar-refractivity contribution in [2.45, 2.75) is 38.4 Å². The Kier molecular flexibility index (Phi) is 3.76. The quantitative estimate of drug-likeness (QED) is 0.784. The largest absolute Gasteiger partial charge is 0.293 e. The third kappa shape index (κ3) is 2.71. The van der Waals surface area contributed by atoms with Crippen molar-refractivity contribution in [3.8, 4) is 0 Å². The van der Waals surface area contributed by atoms with Gasteiger partial charge < -0.3 is 0 Å². The molecule has 0 saturated carbocycles. The molecule has 0 radical (unpaired) electrons. The molecule has 1 aromatic rings. The Balaban J connectivity index is 2.45. The number of aryl methyl sites for hydroxylation is 2.